The van der Waals surface area contributed by atoms with Gasteiger partial charge in [-0.2, -0.15) is 4.90 Å². The van der Waals surface area contributed by atoms with E-state index in [0.29, 0.717) is 12.2 Å². The van der Waals surface area contributed by atoms with E-state index in [1.54, 1.807) is 63.2 Å². The van der Waals surface area contributed by atoms with E-state index < -0.39 is 29.0 Å². The molecule has 0 bridgehead atoms. The van der Waals surface area contributed by atoms with Crippen molar-refractivity contribution >= 4 is 40.6 Å². The molecule has 2 amide bonds. The average molecular weight is 566 g/mol. The van der Waals surface area contributed by atoms with Crippen molar-refractivity contribution < 1.29 is 28.2 Å². The molecule has 0 saturated carbocycles. The van der Waals surface area contributed by atoms with Crippen molar-refractivity contribution in [2.45, 2.75) is 31.9 Å². The third kappa shape index (κ3) is 4.74. The Morgan fingerprint density at radius 3 is 2.61 bits per heavy atom. The second-order valence-corrected chi connectivity index (χ2v) is 10.2. The Labute approximate surface area is 205 Å². The van der Waals surface area contributed by atoms with Gasteiger partial charge < -0.3 is 14.2 Å². The lowest BCUT2D eigenvalue weighted by molar-refractivity contribution is 0.0277. The number of carbonyl (C=O) groups is 2. The molecule has 2 aromatic rings. The van der Waals surface area contributed by atoms with Gasteiger partial charge in [0.15, 0.2) is 0 Å². The molecule has 2 aliphatic rings. The van der Waals surface area contributed by atoms with Gasteiger partial charge in [0.1, 0.15) is 17.0 Å². The number of aliphatic imine (C=N–C) groups is 1. The zero-order valence-corrected chi connectivity index (χ0v) is 20.7. The summed E-state index contributed by atoms with van der Waals surface area (Å²) in [5.74, 6) is -1.37. The summed E-state index contributed by atoms with van der Waals surface area (Å²) < 4.78 is 32.8. The number of hydrogen-bond acceptors (Lipinski definition) is 6. The highest BCUT2D eigenvalue weighted by Gasteiger charge is 2.52. The molecule has 4 rings (SSSR count). The van der Waals surface area contributed by atoms with Crippen LogP contribution < -0.4 is 0 Å². The van der Waals surface area contributed by atoms with Gasteiger partial charge in [-0.1, -0.05) is 18.2 Å². The highest BCUT2D eigenvalue weighted by atomic mass is 127. The number of benzene rings is 2. The lowest BCUT2D eigenvalue weighted by Gasteiger charge is -2.37. The Bertz CT molecular complexity index is 1100. The summed E-state index contributed by atoms with van der Waals surface area (Å²) >= 11 is 2.11. The van der Waals surface area contributed by atoms with Crippen molar-refractivity contribution in [3.8, 4) is 0 Å². The van der Waals surface area contributed by atoms with Crippen LogP contribution in [0.25, 0.3) is 0 Å². The van der Waals surface area contributed by atoms with Crippen LogP contribution in [0.5, 0.6) is 0 Å². The predicted octanol–water partition coefficient (Wildman–Crippen LogP) is 4.74. The molecule has 0 spiro atoms. The summed E-state index contributed by atoms with van der Waals surface area (Å²) in [6, 6.07) is 12.8. The monoisotopic (exact) mass is 566 g/mol. The number of fused-ring (bicyclic) bond motifs is 1. The number of ether oxygens (including phenoxy) is 3. The lowest BCUT2D eigenvalue weighted by atomic mass is 9.80. The van der Waals surface area contributed by atoms with Crippen LogP contribution in [0, 0.1) is 15.3 Å². The summed E-state index contributed by atoms with van der Waals surface area (Å²) in [6.07, 6.45) is -0.925. The Morgan fingerprint density at radius 2 is 1.91 bits per heavy atom. The van der Waals surface area contributed by atoms with Gasteiger partial charge in [-0.15, -0.1) is 0 Å². The molecule has 2 atom stereocenters. The molecular weight excluding hydrogens is 542 g/mol. The first kappa shape index (κ1) is 23.6. The summed E-state index contributed by atoms with van der Waals surface area (Å²) in [5, 5.41) is 0. The predicted molar refractivity (Wildman–Crippen MR) is 127 cm³/mol. The number of carbonyl (C=O) groups excluding carboxylic acids is 2. The summed E-state index contributed by atoms with van der Waals surface area (Å²) in [7, 11) is 0. The van der Waals surface area contributed by atoms with Crippen molar-refractivity contribution in [3.63, 3.8) is 0 Å². The maximum Gasteiger partial charge on any atom is 0.425 e. The zero-order chi connectivity index (χ0) is 23.8. The smallest absolute Gasteiger partial charge is 0.425 e. The molecule has 9 heteroatoms. The van der Waals surface area contributed by atoms with Crippen LogP contribution in [0.3, 0.4) is 0 Å². The average Bonchev–Trinajstić information content (AvgIpc) is 3.19. The molecule has 0 aromatic heterocycles. The first-order valence-corrected chi connectivity index (χ1v) is 11.6. The van der Waals surface area contributed by atoms with Crippen LogP contribution in [0.15, 0.2) is 53.5 Å². The van der Waals surface area contributed by atoms with E-state index in [2.05, 4.69) is 27.6 Å². The summed E-state index contributed by atoms with van der Waals surface area (Å²) in [6.45, 7) is 5.62. The first-order valence-electron chi connectivity index (χ1n) is 10.5. The largest absolute Gasteiger partial charge is 0.464 e. The SMILES string of the molecule is CC(C)(C)OC(=O)N(C(=O)c1ccccc1)C1=NC2(c3cc(I)ccc3F)COCC2CO1. The van der Waals surface area contributed by atoms with E-state index >= 15 is 0 Å². The normalized spacial score (nSPS) is 22.1. The number of amidine groups is 1. The zero-order valence-electron chi connectivity index (χ0n) is 18.5. The van der Waals surface area contributed by atoms with Crippen molar-refractivity contribution in [2.24, 2.45) is 10.9 Å². The summed E-state index contributed by atoms with van der Waals surface area (Å²) in [5.41, 5.74) is -1.39. The molecule has 7 nitrogen and oxygen atoms in total. The van der Waals surface area contributed by atoms with E-state index in [1.807, 2.05) is 0 Å². The van der Waals surface area contributed by atoms with E-state index in [0.717, 1.165) is 8.47 Å². The lowest BCUT2D eigenvalue weighted by Crippen LogP contribution is -2.51. The molecule has 1 fully saturated rings. The van der Waals surface area contributed by atoms with Gasteiger partial charge in [0.05, 0.1) is 19.8 Å². The number of rotatable bonds is 2. The van der Waals surface area contributed by atoms with Crippen LogP contribution in [-0.2, 0) is 19.7 Å². The molecule has 2 aliphatic heterocycles. The van der Waals surface area contributed by atoms with E-state index in [9.17, 15) is 14.0 Å². The molecule has 174 valence electrons. The number of halogens is 2. The minimum atomic E-state index is -1.13. The minimum absolute atomic E-state index is 0.100. The summed E-state index contributed by atoms with van der Waals surface area (Å²) in [4.78, 5) is 32.0. The van der Waals surface area contributed by atoms with Gasteiger partial charge in [-0.3, -0.25) is 4.79 Å². The van der Waals surface area contributed by atoms with Crippen molar-refractivity contribution in [2.75, 3.05) is 19.8 Å². The van der Waals surface area contributed by atoms with Crippen LogP contribution in [0.1, 0.15) is 36.7 Å². The number of imide groups is 1. The number of amides is 2. The fourth-order valence-corrected chi connectivity index (χ4v) is 4.36. The van der Waals surface area contributed by atoms with Gasteiger partial charge >= 0.3 is 12.1 Å². The number of hydrogen-bond donors (Lipinski definition) is 0. The van der Waals surface area contributed by atoms with Crippen molar-refractivity contribution in [1.29, 1.82) is 0 Å². The Morgan fingerprint density at radius 1 is 1.18 bits per heavy atom. The van der Waals surface area contributed by atoms with E-state index in [4.69, 9.17) is 14.2 Å². The second-order valence-electron chi connectivity index (χ2n) is 8.95. The molecule has 0 N–H and O–H groups in total. The van der Waals surface area contributed by atoms with Gasteiger partial charge in [-0.05, 0) is 73.7 Å². The van der Waals surface area contributed by atoms with Gasteiger partial charge in [0.25, 0.3) is 5.91 Å². The van der Waals surface area contributed by atoms with Gasteiger partial charge in [0, 0.05) is 20.6 Å². The molecule has 1 saturated heterocycles. The topological polar surface area (TPSA) is 77.4 Å². The third-order valence-corrected chi connectivity index (χ3v) is 6.08. The standard InChI is InChI=1S/C24H24FIN2O5/c1-23(2,3)33-22(30)28(20(29)15-7-5-4-6-8-15)21-27-24(14-31-12-16(24)13-32-21)18-11-17(26)9-10-19(18)25/h4-11,16H,12-14H2,1-3H3. The van der Waals surface area contributed by atoms with Gasteiger partial charge in [0.2, 0.25) is 0 Å². The second kappa shape index (κ2) is 9.02. The highest BCUT2D eigenvalue weighted by Crippen LogP contribution is 2.44. The molecule has 0 radical (unpaired) electrons. The fraction of sp³-hybridized carbons (Fsp3) is 0.375. The van der Waals surface area contributed by atoms with Crippen LogP contribution in [-0.4, -0.2) is 48.3 Å². The van der Waals surface area contributed by atoms with Crippen molar-refractivity contribution in [3.05, 3.63) is 69.0 Å². The quantitative estimate of drug-likeness (QED) is 0.492. The Hall–Kier alpha value is -2.53. The van der Waals surface area contributed by atoms with E-state index in [-0.39, 0.29) is 30.7 Å². The van der Waals surface area contributed by atoms with E-state index in [1.165, 1.54) is 6.07 Å². The Balaban J connectivity index is 1.83. The van der Waals surface area contributed by atoms with Crippen molar-refractivity contribution in [1.82, 2.24) is 4.90 Å². The fourth-order valence-electron chi connectivity index (χ4n) is 3.87. The number of nitrogens with zero attached hydrogens (tertiary/aromatic N) is 2. The molecule has 2 aromatic carbocycles. The first-order chi connectivity index (χ1) is 15.6. The third-order valence-electron chi connectivity index (χ3n) is 5.41. The van der Waals surface area contributed by atoms with Crippen LogP contribution >= 0.6 is 22.6 Å². The maximum absolute atomic E-state index is 15.0. The van der Waals surface area contributed by atoms with Crippen LogP contribution in [0.2, 0.25) is 0 Å². The molecule has 0 aliphatic carbocycles. The van der Waals surface area contributed by atoms with Gasteiger partial charge in [-0.25, -0.2) is 14.2 Å². The highest BCUT2D eigenvalue weighted by molar-refractivity contribution is 14.1. The van der Waals surface area contributed by atoms with Crippen LogP contribution in [0.4, 0.5) is 9.18 Å². The Kier molecular flexibility index (Phi) is 6.45. The molecular formula is C24H24FIN2O5. The molecule has 33 heavy (non-hydrogen) atoms. The molecule has 2 heterocycles. The maximum atomic E-state index is 15.0. The molecule has 2 unspecified atom stereocenters. The minimum Gasteiger partial charge on any atom is -0.464 e.